The molecule has 0 radical (unpaired) electrons. The molecule has 12 heteroatoms. The van der Waals surface area contributed by atoms with Gasteiger partial charge in [-0.1, -0.05) is 146 Å². The highest BCUT2D eigenvalue weighted by atomic mass is 32.2. The van der Waals surface area contributed by atoms with E-state index in [4.69, 9.17) is 0 Å². The summed E-state index contributed by atoms with van der Waals surface area (Å²) in [6, 6.07) is 55.2. The molecule has 0 saturated carbocycles. The molecule has 308 valence electrons. The summed E-state index contributed by atoms with van der Waals surface area (Å²) in [6.45, 7) is 0. The van der Waals surface area contributed by atoms with E-state index in [2.05, 4.69) is 9.44 Å². The van der Waals surface area contributed by atoms with Gasteiger partial charge in [0.1, 0.15) is 16.5 Å². The minimum absolute atomic E-state index is 0.0640. The molecule has 8 nitrogen and oxygen atoms in total. The van der Waals surface area contributed by atoms with Crippen LogP contribution in [0.15, 0.2) is 216 Å². The summed E-state index contributed by atoms with van der Waals surface area (Å²) < 4.78 is 84.2. The van der Waals surface area contributed by atoms with Crippen molar-refractivity contribution >= 4 is 43.0 Å². The predicted molar refractivity (Wildman–Crippen MR) is 238 cm³/mol. The molecule has 62 heavy (non-hydrogen) atoms. The lowest BCUT2D eigenvalue weighted by molar-refractivity contribution is 0.103. The Morgan fingerprint density at radius 2 is 0.790 bits per heavy atom. The van der Waals surface area contributed by atoms with Crippen LogP contribution in [0.5, 0.6) is 0 Å². The molecule has 0 aromatic heterocycles. The molecular formula is C50H36F2N2O6S2. The fourth-order valence-electron chi connectivity index (χ4n) is 6.39. The van der Waals surface area contributed by atoms with Crippen LogP contribution in [-0.2, 0) is 20.0 Å². The Bertz CT molecular complexity index is 3100. The van der Waals surface area contributed by atoms with Gasteiger partial charge in [0, 0.05) is 33.6 Å². The maximum Gasteiger partial charge on any atom is 0.264 e. The van der Waals surface area contributed by atoms with Gasteiger partial charge in [-0.3, -0.25) is 19.0 Å². The number of rotatable bonds is 12. The second-order valence-electron chi connectivity index (χ2n) is 13.8. The van der Waals surface area contributed by atoms with E-state index < -0.39 is 30.8 Å². The van der Waals surface area contributed by atoms with Crippen molar-refractivity contribution in [1.29, 1.82) is 0 Å². The summed E-state index contributed by atoms with van der Waals surface area (Å²) in [5, 5.41) is 0. The van der Waals surface area contributed by atoms with Gasteiger partial charge in [-0.15, -0.1) is 0 Å². The Labute approximate surface area is 358 Å². The molecule has 0 fully saturated rings. The predicted octanol–water partition coefficient (Wildman–Crippen LogP) is 11.0. The van der Waals surface area contributed by atoms with Gasteiger partial charge < -0.3 is 0 Å². The fourth-order valence-corrected chi connectivity index (χ4v) is 8.64. The van der Waals surface area contributed by atoms with Gasteiger partial charge in [0.25, 0.3) is 20.0 Å². The highest BCUT2D eigenvalue weighted by Crippen LogP contribution is 2.28. The molecule has 8 aromatic rings. The number of carbonyl (C=O) groups excluding carboxylic acids is 2. The number of carbonyl (C=O) groups is 2. The van der Waals surface area contributed by atoms with Crippen molar-refractivity contribution < 1.29 is 35.2 Å². The molecule has 0 heterocycles. The second-order valence-corrected chi connectivity index (χ2v) is 17.1. The maximum atomic E-state index is 14.4. The lowest BCUT2D eigenvalue weighted by Gasteiger charge is -2.12. The van der Waals surface area contributed by atoms with E-state index in [1.807, 2.05) is 36.4 Å². The van der Waals surface area contributed by atoms with Crippen molar-refractivity contribution in [3.05, 3.63) is 240 Å². The fraction of sp³-hybridized carbons (Fsp3) is 0. The lowest BCUT2D eigenvalue weighted by atomic mass is 10.0. The van der Waals surface area contributed by atoms with Crippen molar-refractivity contribution in [2.75, 3.05) is 9.44 Å². The summed E-state index contributed by atoms with van der Waals surface area (Å²) in [6.07, 6.45) is 0. The Morgan fingerprint density at radius 3 is 1.34 bits per heavy atom. The third kappa shape index (κ3) is 10.4. The standard InChI is InChI=1S/2C25H18FNO3S/c26-23-15-14-20(18-8-3-1-4-9-18)17-24(23)31(29,30)27-22-13-7-12-21(16-22)25(28)19-10-5-2-6-11-19;26-22-14-12-18(13-15-22)20-8-5-11-24(17-20)31(29,30)27-23-10-4-9-21(16-23)25(28)19-6-2-1-3-7-19/h2*1-17,27H. The van der Waals surface area contributed by atoms with Crippen LogP contribution in [0.25, 0.3) is 22.3 Å². The molecule has 8 rings (SSSR count). The molecule has 8 aromatic carbocycles. The first-order valence-electron chi connectivity index (χ1n) is 19.0. The largest absolute Gasteiger partial charge is 0.289 e. The number of ketones is 2. The molecule has 0 atom stereocenters. The topological polar surface area (TPSA) is 126 Å². The van der Waals surface area contributed by atoms with Gasteiger partial charge in [-0.05, 0) is 82.9 Å². The van der Waals surface area contributed by atoms with Gasteiger partial charge in [-0.25, -0.2) is 25.6 Å². The van der Waals surface area contributed by atoms with Crippen molar-refractivity contribution in [3.63, 3.8) is 0 Å². The van der Waals surface area contributed by atoms with Crippen LogP contribution in [-0.4, -0.2) is 28.4 Å². The van der Waals surface area contributed by atoms with Gasteiger partial charge in [-0.2, -0.15) is 0 Å². The third-order valence-electron chi connectivity index (χ3n) is 9.48. The minimum Gasteiger partial charge on any atom is -0.289 e. The summed E-state index contributed by atoms with van der Waals surface area (Å²) in [5.41, 5.74) is 4.88. The van der Waals surface area contributed by atoms with Gasteiger partial charge in [0.2, 0.25) is 0 Å². The Balaban J connectivity index is 0.000000186. The summed E-state index contributed by atoms with van der Waals surface area (Å²) in [7, 11) is -8.11. The summed E-state index contributed by atoms with van der Waals surface area (Å²) in [5.74, 6) is -1.65. The number of sulfonamides is 2. The van der Waals surface area contributed by atoms with E-state index in [9.17, 15) is 35.2 Å². The van der Waals surface area contributed by atoms with Crippen LogP contribution in [0.3, 0.4) is 0 Å². The molecule has 0 saturated heterocycles. The Morgan fingerprint density at radius 1 is 0.371 bits per heavy atom. The average Bonchev–Trinajstić information content (AvgIpc) is 3.30. The van der Waals surface area contributed by atoms with Crippen LogP contribution in [0.2, 0.25) is 0 Å². The first-order chi connectivity index (χ1) is 29.9. The van der Waals surface area contributed by atoms with E-state index >= 15 is 0 Å². The molecule has 0 aliphatic carbocycles. The number of benzene rings is 8. The van der Waals surface area contributed by atoms with Crippen molar-refractivity contribution in [1.82, 2.24) is 0 Å². The average molecular weight is 863 g/mol. The summed E-state index contributed by atoms with van der Waals surface area (Å²) in [4.78, 5) is 24.9. The zero-order chi connectivity index (χ0) is 43.7. The highest BCUT2D eigenvalue weighted by molar-refractivity contribution is 7.93. The quantitative estimate of drug-likeness (QED) is 0.118. The lowest BCUT2D eigenvalue weighted by Crippen LogP contribution is -2.15. The molecule has 0 unspecified atom stereocenters. The van der Waals surface area contributed by atoms with Crippen LogP contribution in [0, 0.1) is 11.6 Å². The van der Waals surface area contributed by atoms with Gasteiger partial charge in [0.05, 0.1) is 4.90 Å². The number of hydrogen-bond acceptors (Lipinski definition) is 6. The van der Waals surface area contributed by atoms with Crippen LogP contribution < -0.4 is 9.44 Å². The zero-order valence-electron chi connectivity index (χ0n) is 32.7. The van der Waals surface area contributed by atoms with Crippen molar-refractivity contribution in [2.45, 2.75) is 9.79 Å². The SMILES string of the molecule is O=C(c1ccccc1)c1cccc(NS(=O)(=O)c2cc(-c3ccccc3)ccc2F)c1.O=C(c1ccccc1)c1cccc(NS(=O)(=O)c2cccc(-c3ccc(F)cc3)c2)c1. The molecule has 0 bridgehead atoms. The molecule has 0 aliphatic heterocycles. The molecule has 0 aliphatic rings. The Kier molecular flexibility index (Phi) is 12.9. The minimum atomic E-state index is -4.22. The molecule has 0 spiro atoms. The van der Waals surface area contributed by atoms with Gasteiger partial charge in [0.15, 0.2) is 11.6 Å². The number of nitrogens with one attached hydrogen (secondary N) is 2. The van der Waals surface area contributed by atoms with Crippen LogP contribution in [0.4, 0.5) is 20.2 Å². The first-order valence-corrected chi connectivity index (χ1v) is 22.0. The Hall–Kier alpha value is -7.54. The smallest absolute Gasteiger partial charge is 0.264 e. The molecule has 2 N–H and O–H groups in total. The second kappa shape index (κ2) is 18.8. The van der Waals surface area contributed by atoms with E-state index in [1.54, 1.807) is 109 Å². The van der Waals surface area contributed by atoms with Crippen LogP contribution >= 0.6 is 0 Å². The number of anilines is 2. The monoisotopic (exact) mass is 862 g/mol. The zero-order valence-corrected chi connectivity index (χ0v) is 34.3. The normalized spacial score (nSPS) is 11.1. The third-order valence-corrected chi connectivity index (χ3v) is 12.3. The van der Waals surface area contributed by atoms with Crippen molar-refractivity contribution in [2.24, 2.45) is 0 Å². The van der Waals surface area contributed by atoms with Crippen molar-refractivity contribution in [3.8, 4) is 22.3 Å². The first kappa shape index (κ1) is 42.6. The highest BCUT2D eigenvalue weighted by Gasteiger charge is 2.21. The number of hydrogen-bond donors (Lipinski definition) is 2. The summed E-state index contributed by atoms with van der Waals surface area (Å²) >= 11 is 0. The van der Waals surface area contributed by atoms with E-state index in [1.165, 1.54) is 54.6 Å². The van der Waals surface area contributed by atoms with Crippen LogP contribution in [0.1, 0.15) is 31.8 Å². The molecular weight excluding hydrogens is 827 g/mol. The van der Waals surface area contributed by atoms with Gasteiger partial charge >= 0.3 is 0 Å². The maximum absolute atomic E-state index is 14.4. The molecule has 0 amide bonds. The van der Waals surface area contributed by atoms with E-state index in [0.717, 1.165) is 11.6 Å². The number of halogens is 2. The van der Waals surface area contributed by atoms with E-state index in [0.29, 0.717) is 38.9 Å². The van der Waals surface area contributed by atoms with E-state index in [-0.39, 0.29) is 33.7 Å².